The van der Waals surface area contributed by atoms with Crippen molar-refractivity contribution in [3.8, 4) is 22.8 Å². The third-order valence-electron chi connectivity index (χ3n) is 3.90. The van der Waals surface area contributed by atoms with Crippen molar-refractivity contribution in [2.75, 3.05) is 14.2 Å². The maximum Gasteiger partial charge on any atom is 0.419 e. The van der Waals surface area contributed by atoms with Crippen LogP contribution in [0.2, 0.25) is 0 Å². The van der Waals surface area contributed by atoms with Crippen LogP contribution < -0.4 is 9.47 Å². The molecule has 138 valence electrons. The van der Waals surface area contributed by atoms with Crippen LogP contribution >= 0.6 is 0 Å². The molecule has 0 atom stereocenters. The molecule has 8 heteroatoms. The summed E-state index contributed by atoms with van der Waals surface area (Å²) in [4.78, 5) is 27.5. The molecule has 1 aromatic heterocycles. The third-order valence-corrected chi connectivity index (χ3v) is 3.90. The minimum atomic E-state index is -0.628. The van der Waals surface area contributed by atoms with Crippen LogP contribution in [0.3, 0.4) is 0 Å². The first-order chi connectivity index (χ1) is 13.2. The Bertz CT molecular complexity index is 953. The highest BCUT2D eigenvalue weighted by molar-refractivity contribution is 5.72. The normalized spacial score (nSPS) is 10.3. The summed E-state index contributed by atoms with van der Waals surface area (Å²) in [7, 11) is 2.92. The number of nitrogens with zero attached hydrogens (tertiary/aromatic N) is 3. The van der Waals surface area contributed by atoms with Gasteiger partial charge in [0, 0.05) is 23.4 Å². The minimum absolute atomic E-state index is 0.107. The Kier molecular flexibility index (Phi) is 5.46. The molecule has 0 spiro atoms. The van der Waals surface area contributed by atoms with E-state index in [1.165, 1.54) is 31.2 Å². The summed E-state index contributed by atoms with van der Waals surface area (Å²) in [5.74, 6) is 0.772. The Hall–Kier alpha value is -3.68. The zero-order valence-corrected chi connectivity index (χ0v) is 14.8. The van der Waals surface area contributed by atoms with Crippen LogP contribution in [0.4, 0.5) is 10.5 Å². The summed E-state index contributed by atoms with van der Waals surface area (Å²) in [6.07, 6.45) is 2.32. The van der Waals surface area contributed by atoms with E-state index >= 15 is 0 Å². The number of benzene rings is 2. The van der Waals surface area contributed by atoms with Crippen molar-refractivity contribution in [3.05, 3.63) is 65.5 Å². The van der Waals surface area contributed by atoms with E-state index in [9.17, 15) is 9.70 Å². The first-order valence-electron chi connectivity index (χ1n) is 8.01. The van der Waals surface area contributed by atoms with Gasteiger partial charge in [-0.2, -0.15) is 0 Å². The molecule has 0 saturated heterocycles. The van der Waals surface area contributed by atoms with Gasteiger partial charge in [0.25, 0.3) is 0 Å². The van der Waals surface area contributed by atoms with Crippen LogP contribution in [-0.2, 0) is 11.3 Å². The van der Waals surface area contributed by atoms with Gasteiger partial charge in [0.05, 0.1) is 19.9 Å². The second-order valence-electron chi connectivity index (χ2n) is 5.51. The van der Waals surface area contributed by atoms with Gasteiger partial charge in [0.1, 0.15) is 18.6 Å². The van der Waals surface area contributed by atoms with Gasteiger partial charge in [-0.1, -0.05) is 30.3 Å². The lowest BCUT2D eigenvalue weighted by molar-refractivity contribution is 0.141. The zero-order valence-electron chi connectivity index (χ0n) is 14.8. The number of hydrogen-bond acceptors (Lipinski definition) is 7. The van der Waals surface area contributed by atoms with Gasteiger partial charge in [0.15, 0.2) is 11.5 Å². The number of carbonyl (C=O) groups is 1. The summed E-state index contributed by atoms with van der Waals surface area (Å²) in [6.45, 7) is -0.154. The van der Waals surface area contributed by atoms with Crippen molar-refractivity contribution in [2.45, 2.75) is 6.61 Å². The van der Waals surface area contributed by atoms with Crippen molar-refractivity contribution >= 4 is 11.8 Å². The van der Waals surface area contributed by atoms with Crippen molar-refractivity contribution in [1.82, 2.24) is 9.55 Å². The lowest BCUT2D eigenvalue weighted by Gasteiger charge is -2.11. The molecule has 0 aliphatic heterocycles. The molecule has 0 fully saturated rings. The number of imidazole rings is 1. The average Bonchev–Trinajstić information content (AvgIpc) is 3.22. The van der Waals surface area contributed by atoms with E-state index in [2.05, 4.69) is 10.2 Å². The monoisotopic (exact) mass is 367 g/mol. The molecule has 0 saturated carbocycles. The summed E-state index contributed by atoms with van der Waals surface area (Å²) in [5.41, 5.74) is 2.04. The molecule has 1 heterocycles. The van der Waals surface area contributed by atoms with Gasteiger partial charge >= 0.3 is 6.09 Å². The second kappa shape index (κ2) is 8.13. The molecule has 0 unspecified atom stereocenters. The highest BCUT2D eigenvalue weighted by atomic mass is 16.5. The van der Waals surface area contributed by atoms with Gasteiger partial charge in [-0.05, 0) is 11.2 Å². The fourth-order valence-electron chi connectivity index (χ4n) is 2.51. The molecule has 0 radical (unpaired) electrons. The van der Waals surface area contributed by atoms with Crippen LogP contribution in [0.5, 0.6) is 11.5 Å². The molecule has 0 amide bonds. The number of hydrogen-bond donors (Lipinski definition) is 0. The molecule has 8 nitrogen and oxygen atoms in total. The minimum Gasteiger partial charge on any atom is -0.493 e. The molecule has 0 aliphatic carbocycles. The van der Waals surface area contributed by atoms with E-state index in [0.29, 0.717) is 22.8 Å². The lowest BCUT2D eigenvalue weighted by atomic mass is 10.1. The van der Waals surface area contributed by atoms with Crippen molar-refractivity contribution in [1.29, 1.82) is 0 Å². The van der Waals surface area contributed by atoms with Gasteiger partial charge in [-0.25, -0.2) is 14.3 Å². The van der Waals surface area contributed by atoms with Gasteiger partial charge in [-0.3, -0.25) is 0 Å². The fraction of sp³-hybridized carbons (Fsp3) is 0.158. The molecular formula is C19H17N3O5. The van der Waals surface area contributed by atoms with E-state index in [0.717, 1.165) is 5.56 Å². The van der Waals surface area contributed by atoms with Crippen molar-refractivity contribution in [3.63, 3.8) is 0 Å². The van der Waals surface area contributed by atoms with E-state index in [1.54, 1.807) is 12.3 Å². The number of nitroso groups, excluding NO2 is 1. The number of ether oxygens (including phenoxy) is 3. The van der Waals surface area contributed by atoms with Crippen molar-refractivity contribution < 1.29 is 19.0 Å². The van der Waals surface area contributed by atoms with Crippen LogP contribution in [0.15, 0.2) is 60.2 Å². The predicted molar refractivity (Wildman–Crippen MR) is 98.2 cm³/mol. The van der Waals surface area contributed by atoms with Crippen molar-refractivity contribution in [2.24, 2.45) is 5.18 Å². The maximum atomic E-state index is 12.3. The quantitative estimate of drug-likeness (QED) is 0.608. The first kappa shape index (κ1) is 18.1. The van der Waals surface area contributed by atoms with Crippen LogP contribution in [0, 0.1) is 4.91 Å². The summed E-state index contributed by atoms with van der Waals surface area (Å²) < 4.78 is 16.8. The smallest absolute Gasteiger partial charge is 0.419 e. The molecule has 0 bridgehead atoms. The third kappa shape index (κ3) is 3.95. The number of aromatic nitrogens is 2. The molecule has 2 aromatic carbocycles. The highest BCUT2D eigenvalue weighted by Gasteiger charge is 2.15. The van der Waals surface area contributed by atoms with E-state index in [1.807, 2.05) is 30.3 Å². The molecule has 3 rings (SSSR count). The summed E-state index contributed by atoms with van der Waals surface area (Å²) >= 11 is 0. The molecular weight excluding hydrogens is 350 g/mol. The second-order valence-corrected chi connectivity index (χ2v) is 5.51. The Labute approximate surface area is 155 Å². The Balaban J connectivity index is 1.74. The molecule has 27 heavy (non-hydrogen) atoms. The molecule has 3 aromatic rings. The Morgan fingerprint density at radius 2 is 1.81 bits per heavy atom. The SMILES string of the molecule is COc1cc(COC(=O)n2cnc(-c3ccccc3)c2)c(N=O)cc1OC. The lowest BCUT2D eigenvalue weighted by Crippen LogP contribution is -2.11. The fourth-order valence-corrected chi connectivity index (χ4v) is 2.51. The van der Waals surface area contributed by atoms with Gasteiger partial charge in [0.2, 0.25) is 0 Å². The van der Waals surface area contributed by atoms with Gasteiger partial charge < -0.3 is 14.2 Å². The topological polar surface area (TPSA) is 92.0 Å². The molecule has 0 aliphatic rings. The average molecular weight is 367 g/mol. The Morgan fingerprint density at radius 3 is 2.48 bits per heavy atom. The largest absolute Gasteiger partial charge is 0.493 e. The van der Waals surface area contributed by atoms with Crippen LogP contribution in [0.1, 0.15) is 5.56 Å². The highest BCUT2D eigenvalue weighted by Crippen LogP contribution is 2.35. The first-order valence-corrected chi connectivity index (χ1v) is 8.01. The standard InChI is InChI=1S/C19H17N3O5/c1-25-17-8-14(15(21-24)9-18(17)26-2)11-27-19(23)22-10-16(20-12-22)13-6-4-3-5-7-13/h3-10,12H,11H2,1-2H3. The summed E-state index contributed by atoms with van der Waals surface area (Å²) in [6, 6.07) is 12.4. The number of carbonyl (C=O) groups excluding carboxylic acids is 1. The van der Waals surface area contributed by atoms with E-state index < -0.39 is 6.09 Å². The predicted octanol–water partition coefficient (Wildman–Crippen LogP) is 4.15. The van der Waals surface area contributed by atoms with Crippen LogP contribution in [-0.4, -0.2) is 29.9 Å². The van der Waals surface area contributed by atoms with E-state index in [4.69, 9.17) is 14.2 Å². The molecule has 0 N–H and O–H groups in total. The Morgan fingerprint density at radius 1 is 1.11 bits per heavy atom. The number of methoxy groups -OCH3 is 2. The van der Waals surface area contributed by atoms with Gasteiger partial charge in [-0.15, -0.1) is 4.91 Å². The zero-order chi connectivity index (χ0) is 19.2. The maximum absolute atomic E-state index is 12.3. The van der Waals surface area contributed by atoms with E-state index in [-0.39, 0.29) is 12.3 Å². The van der Waals surface area contributed by atoms with Crippen LogP contribution in [0.25, 0.3) is 11.3 Å². The summed E-state index contributed by atoms with van der Waals surface area (Å²) in [5, 5.41) is 2.95. The number of rotatable bonds is 6.